The van der Waals surface area contributed by atoms with Gasteiger partial charge in [0.25, 0.3) is 0 Å². The first kappa shape index (κ1) is 19.5. The number of fused-ring (bicyclic) bond motifs is 1. The summed E-state index contributed by atoms with van der Waals surface area (Å²) in [5.74, 6) is 4.12. The van der Waals surface area contributed by atoms with Crippen LogP contribution in [0.5, 0.6) is 11.5 Å². The average molecular weight is 423 g/mol. The third-order valence-electron chi connectivity index (χ3n) is 5.79. The van der Waals surface area contributed by atoms with Crippen LogP contribution in [0.3, 0.4) is 0 Å². The second-order valence-corrected chi connectivity index (χ2v) is 8.88. The molecule has 5 rings (SSSR count). The Morgan fingerprint density at radius 1 is 1.03 bits per heavy atom. The van der Waals surface area contributed by atoms with Gasteiger partial charge >= 0.3 is 0 Å². The molecule has 1 atom stereocenters. The minimum atomic E-state index is 0.321. The maximum absolute atomic E-state index is 5.53. The first-order chi connectivity index (χ1) is 14.8. The summed E-state index contributed by atoms with van der Waals surface area (Å²) in [6.07, 6.45) is 2.33. The Labute approximate surface area is 181 Å². The highest BCUT2D eigenvalue weighted by atomic mass is 32.2. The van der Waals surface area contributed by atoms with Crippen molar-refractivity contribution in [3.63, 3.8) is 0 Å². The lowest BCUT2D eigenvalue weighted by Gasteiger charge is -2.32. The summed E-state index contributed by atoms with van der Waals surface area (Å²) < 4.78 is 13.1. The van der Waals surface area contributed by atoms with E-state index in [1.54, 1.807) is 11.8 Å². The quantitative estimate of drug-likeness (QED) is 0.555. The van der Waals surface area contributed by atoms with E-state index in [2.05, 4.69) is 63.1 Å². The van der Waals surface area contributed by atoms with E-state index in [0.29, 0.717) is 12.7 Å². The van der Waals surface area contributed by atoms with Crippen molar-refractivity contribution in [1.29, 1.82) is 0 Å². The molecule has 2 aromatic carbocycles. The summed E-state index contributed by atoms with van der Waals surface area (Å²) in [6, 6.07) is 16.8. The zero-order chi connectivity index (χ0) is 20.3. The molecule has 1 aromatic heterocycles. The minimum Gasteiger partial charge on any atom is -0.454 e. The molecular formula is C23H26N4O2S. The predicted octanol–water partition coefficient (Wildman–Crippen LogP) is 4.22. The lowest BCUT2D eigenvalue weighted by molar-refractivity contribution is 0.173. The van der Waals surface area contributed by atoms with E-state index in [0.717, 1.165) is 54.3 Å². The minimum absolute atomic E-state index is 0.321. The molecule has 0 unspecified atom stereocenters. The summed E-state index contributed by atoms with van der Waals surface area (Å²) in [7, 11) is 2.10. The summed E-state index contributed by atoms with van der Waals surface area (Å²) in [4.78, 5) is 2.51. The van der Waals surface area contributed by atoms with Crippen molar-refractivity contribution in [2.75, 3.05) is 19.9 Å². The van der Waals surface area contributed by atoms with Crippen LogP contribution in [0.4, 0.5) is 0 Å². The van der Waals surface area contributed by atoms with Crippen LogP contribution in [0.15, 0.2) is 53.7 Å². The van der Waals surface area contributed by atoms with Crippen molar-refractivity contribution < 1.29 is 9.47 Å². The summed E-state index contributed by atoms with van der Waals surface area (Å²) in [5.41, 5.74) is 2.57. The highest BCUT2D eigenvalue weighted by molar-refractivity contribution is 7.98. The number of hydrogen-bond acceptors (Lipinski definition) is 6. The molecule has 156 valence electrons. The van der Waals surface area contributed by atoms with Gasteiger partial charge in [0.05, 0.1) is 0 Å². The Balaban J connectivity index is 1.23. The van der Waals surface area contributed by atoms with Crippen LogP contribution in [0.2, 0.25) is 0 Å². The summed E-state index contributed by atoms with van der Waals surface area (Å²) in [5, 5.41) is 10.0. The maximum Gasteiger partial charge on any atom is 0.231 e. The molecule has 3 heterocycles. The molecule has 2 aliphatic rings. The Kier molecular flexibility index (Phi) is 5.64. The second-order valence-electron chi connectivity index (χ2n) is 7.94. The molecule has 1 fully saturated rings. The largest absolute Gasteiger partial charge is 0.454 e. The fourth-order valence-corrected chi connectivity index (χ4v) is 5.11. The second kappa shape index (κ2) is 8.70. The lowest BCUT2D eigenvalue weighted by Crippen LogP contribution is -2.34. The van der Waals surface area contributed by atoms with Crippen molar-refractivity contribution in [2.24, 2.45) is 7.05 Å². The highest BCUT2D eigenvalue weighted by Crippen LogP contribution is 2.34. The SMILES string of the molecule is Cn1c(SCc2ccccc2)nnc1[C@H]1CCCN(Cc2ccc3c(c2)OCO3)C1. The Bertz CT molecular complexity index is 1010. The highest BCUT2D eigenvalue weighted by Gasteiger charge is 2.26. The molecule has 0 amide bonds. The van der Waals surface area contributed by atoms with Crippen LogP contribution in [0.1, 0.15) is 35.7 Å². The molecule has 0 bridgehead atoms. The zero-order valence-corrected chi connectivity index (χ0v) is 18.0. The van der Waals surface area contributed by atoms with Crippen LogP contribution in [-0.4, -0.2) is 39.5 Å². The third-order valence-corrected chi connectivity index (χ3v) is 6.88. The van der Waals surface area contributed by atoms with Crippen LogP contribution >= 0.6 is 11.8 Å². The van der Waals surface area contributed by atoms with Crippen molar-refractivity contribution in [2.45, 2.75) is 36.2 Å². The van der Waals surface area contributed by atoms with Crippen molar-refractivity contribution in [1.82, 2.24) is 19.7 Å². The van der Waals surface area contributed by atoms with Gasteiger partial charge < -0.3 is 14.0 Å². The molecule has 0 saturated carbocycles. The monoisotopic (exact) mass is 422 g/mol. The molecule has 0 N–H and O–H groups in total. The molecule has 7 heteroatoms. The number of benzene rings is 2. The normalized spacial score (nSPS) is 18.6. The molecule has 6 nitrogen and oxygen atoms in total. The van der Waals surface area contributed by atoms with Gasteiger partial charge in [-0.05, 0) is 42.6 Å². The molecule has 1 saturated heterocycles. The molecule has 2 aliphatic heterocycles. The van der Waals surface area contributed by atoms with E-state index in [1.807, 2.05) is 12.1 Å². The standard InChI is InChI=1S/C23H26N4O2S/c1-26-22(24-25-23(26)30-15-17-6-3-2-4-7-17)19-8-5-11-27(14-19)13-18-9-10-20-21(12-18)29-16-28-20/h2-4,6-7,9-10,12,19H,5,8,11,13-16H2,1H3/t19-/m0/s1. The number of thioether (sulfide) groups is 1. The van der Waals surface area contributed by atoms with Crippen LogP contribution in [-0.2, 0) is 19.3 Å². The van der Waals surface area contributed by atoms with Crippen molar-refractivity contribution in [3.8, 4) is 11.5 Å². The number of hydrogen-bond donors (Lipinski definition) is 0. The fraction of sp³-hybridized carbons (Fsp3) is 0.391. The number of aromatic nitrogens is 3. The first-order valence-corrected chi connectivity index (χ1v) is 11.4. The number of likely N-dealkylation sites (tertiary alicyclic amines) is 1. The van der Waals surface area contributed by atoms with Crippen LogP contribution in [0.25, 0.3) is 0 Å². The first-order valence-electron chi connectivity index (χ1n) is 10.4. The van der Waals surface area contributed by atoms with Gasteiger partial charge in [-0.1, -0.05) is 48.2 Å². The van der Waals surface area contributed by atoms with Gasteiger partial charge in [-0.15, -0.1) is 10.2 Å². The van der Waals surface area contributed by atoms with Gasteiger partial charge in [0, 0.05) is 31.8 Å². The molecule has 30 heavy (non-hydrogen) atoms. The lowest BCUT2D eigenvalue weighted by atomic mass is 9.96. The van der Waals surface area contributed by atoms with Crippen molar-refractivity contribution >= 4 is 11.8 Å². The number of nitrogens with zero attached hydrogens (tertiary/aromatic N) is 4. The van der Waals surface area contributed by atoms with Gasteiger partial charge in [-0.25, -0.2) is 0 Å². The van der Waals surface area contributed by atoms with E-state index in [9.17, 15) is 0 Å². The summed E-state index contributed by atoms with van der Waals surface area (Å²) in [6.45, 7) is 3.35. The number of piperidine rings is 1. The topological polar surface area (TPSA) is 52.4 Å². The van der Waals surface area contributed by atoms with E-state index in [1.165, 1.54) is 17.5 Å². The average Bonchev–Trinajstić information content (AvgIpc) is 3.39. The van der Waals surface area contributed by atoms with Crippen LogP contribution in [0, 0.1) is 0 Å². The Hall–Kier alpha value is -2.51. The van der Waals surface area contributed by atoms with Gasteiger partial charge in [0.2, 0.25) is 6.79 Å². The van der Waals surface area contributed by atoms with Gasteiger partial charge in [0.1, 0.15) is 5.82 Å². The number of ether oxygens (including phenoxy) is 2. The Morgan fingerprint density at radius 3 is 2.80 bits per heavy atom. The molecule has 0 radical (unpaired) electrons. The molecular weight excluding hydrogens is 396 g/mol. The van der Waals surface area contributed by atoms with Gasteiger partial charge in [-0.2, -0.15) is 0 Å². The zero-order valence-electron chi connectivity index (χ0n) is 17.2. The predicted molar refractivity (Wildman–Crippen MR) is 117 cm³/mol. The Morgan fingerprint density at radius 2 is 1.90 bits per heavy atom. The number of rotatable bonds is 6. The van der Waals surface area contributed by atoms with Crippen LogP contribution < -0.4 is 9.47 Å². The van der Waals surface area contributed by atoms with E-state index in [-0.39, 0.29) is 0 Å². The molecule has 3 aromatic rings. The molecule has 0 spiro atoms. The molecule has 0 aliphatic carbocycles. The summed E-state index contributed by atoms with van der Waals surface area (Å²) >= 11 is 1.75. The maximum atomic E-state index is 5.53. The van der Waals surface area contributed by atoms with E-state index in [4.69, 9.17) is 9.47 Å². The third kappa shape index (κ3) is 4.18. The van der Waals surface area contributed by atoms with E-state index >= 15 is 0 Å². The van der Waals surface area contributed by atoms with E-state index < -0.39 is 0 Å². The van der Waals surface area contributed by atoms with Gasteiger partial charge in [0.15, 0.2) is 16.7 Å². The van der Waals surface area contributed by atoms with Gasteiger partial charge in [-0.3, -0.25) is 4.90 Å². The smallest absolute Gasteiger partial charge is 0.231 e. The fourth-order valence-electron chi connectivity index (χ4n) is 4.24. The van der Waals surface area contributed by atoms with Crippen molar-refractivity contribution in [3.05, 3.63) is 65.5 Å².